The van der Waals surface area contributed by atoms with Crippen molar-refractivity contribution in [3.8, 4) is 0 Å². The zero-order valence-electron chi connectivity index (χ0n) is 13.0. The van der Waals surface area contributed by atoms with Crippen LogP contribution in [0.3, 0.4) is 0 Å². The first-order chi connectivity index (χ1) is 11.0. The fourth-order valence-electron chi connectivity index (χ4n) is 3.36. The minimum Gasteiger partial charge on any atom is -0.380 e. The van der Waals surface area contributed by atoms with Crippen LogP contribution in [-0.2, 0) is 4.79 Å². The van der Waals surface area contributed by atoms with Gasteiger partial charge in [-0.05, 0) is 49.9 Å². The minimum absolute atomic E-state index is 0.156. The van der Waals surface area contributed by atoms with Crippen molar-refractivity contribution in [3.05, 3.63) is 35.6 Å². The van der Waals surface area contributed by atoms with E-state index in [-0.39, 0.29) is 17.6 Å². The van der Waals surface area contributed by atoms with Crippen LogP contribution in [0.15, 0.2) is 24.3 Å². The van der Waals surface area contributed by atoms with Crippen LogP contribution in [0, 0.1) is 5.82 Å². The van der Waals surface area contributed by atoms with Crippen LogP contribution in [0.25, 0.3) is 0 Å². The lowest BCUT2D eigenvalue weighted by Crippen LogP contribution is -2.56. The Morgan fingerprint density at radius 1 is 0.957 bits per heavy atom. The summed E-state index contributed by atoms with van der Waals surface area (Å²) >= 11 is 0. The fraction of sp³-hybridized carbons (Fsp3) is 0.529. The van der Waals surface area contributed by atoms with E-state index >= 15 is 0 Å². The summed E-state index contributed by atoms with van der Waals surface area (Å²) in [6.45, 7) is 1.71. The summed E-state index contributed by atoms with van der Waals surface area (Å²) in [4.78, 5) is 28.1. The fourth-order valence-corrected chi connectivity index (χ4v) is 3.36. The molecule has 0 bridgehead atoms. The Balaban J connectivity index is 1.59. The zero-order valence-corrected chi connectivity index (χ0v) is 13.0. The molecular formula is C17H21FN2O3. The number of hydrogen-bond donors (Lipinski definition) is 1. The number of nitrogens with zero attached hydrogens (tertiary/aromatic N) is 2. The number of amides is 2. The molecule has 2 amide bonds. The van der Waals surface area contributed by atoms with Crippen molar-refractivity contribution in [2.24, 2.45) is 0 Å². The Hall–Kier alpha value is -1.95. The van der Waals surface area contributed by atoms with Gasteiger partial charge in [-0.3, -0.25) is 9.59 Å². The van der Waals surface area contributed by atoms with Crippen molar-refractivity contribution in [2.45, 2.75) is 31.3 Å². The molecule has 0 atom stereocenters. The van der Waals surface area contributed by atoms with Crippen molar-refractivity contribution < 1.29 is 19.1 Å². The summed E-state index contributed by atoms with van der Waals surface area (Å²) in [5.74, 6) is -0.734. The normalized spacial score (nSPS) is 20.6. The van der Waals surface area contributed by atoms with E-state index in [1.54, 1.807) is 9.80 Å². The van der Waals surface area contributed by atoms with Gasteiger partial charge in [-0.2, -0.15) is 0 Å². The summed E-state index contributed by atoms with van der Waals surface area (Å²) in [6, 6.07) is 5.47. The molecule has 1 heterocycles. The molecule has 0 radical (unpaired) electrons. The van der Waals surface area contributed by atoms with E-state index in [0.29, 0.717) is 44.6 Å². The lowest BCUT2D eigenvalue weighted by Gasteiger charge is -2.38. The maximum atomic E-state index is 12.9. The van der Waals surface area contributed by atoms with E-state index in [9.17, 15) is 19.1 Å². The molecule has 1 aromatic carbocycles. The molecule has 6 heteroatoms. The number of aliphatic hydroxyl groups is 1. The Morgan fingerprint density at radius 2 is 1.48 bits per heavy atom. The standard InChI is InChI=1S/C17H21FN2O3/c18-14-5-3-13(4-6-14)15(21)19-9-11-20(12-10-19)16(22)17(23)7-1-2-8-17/h3-6,23H,1-2,7-12H2. The molecule has 1 aliphatic carbocycles. The second-order valence-corrected chi connectivity index (χ2v) is 6.33. The van der Waals surface area contributed by atoms with E-state index in [0.717, 1.165) is 12.8 Å². The van der Waals surface area contributed by atoms with Gasteiger partial charge in [0, 0.05) is 31.7 Å². The van der Waals surface area contributed by atoms with Gasteiger partial charge in [-0.1, -0.05) is 0 Å². The first-order valence-corrected chi connectivity index (χ1v) is 8.06. The van der Waals surface area contributed by atoms with Gasteiger partial charge in [0.25, 0.3) is 11.8 Å². The number of piperazine rings is 1. The van der Waals surface area contributed by atoms with Gasteiger partial charge in [-0.25, -0.2) is 4.39 Å². The molecule has 124 valence electrons. The third-order valence-electron chi connectivity index (χ3n) is 4.77. The molecule has 1 saturated heterocycles. The molecule has 5 nitrogen and oxygen atoms in total. The second kappa shape index (κ2) is 6.28. The monoisotopic (exact) mass is 320 g/mol. The molecule has 1 N–H and O–H groups in total. The SMILES string of the molecule is O=C(c1ccc(F)cc1)N1CCN(C(=O)C2(O)CCCC2)CC1. The summed E-state index contributed by atoms with van der Waals surface area (Å²) < 4.78 is 12.9. The van der Waals surface area contributed by atoms with Crippen molar-refractivity contribution in [1.29, 1.82) is 0 Å². The molecule has 1 aliphatic heterocycles. The number of carbonyl (C=O) groups excluding carboxylic acids is 2. The predicted molar refractivity (Wildman–Crippen MR) is 82.3 cm³/mol. The maximum absolute atomic E-state index is 12.9. The molecule has 0 spiro atoms. The van der Waals surface area contributed by atoms with Crippen LogP contribution in [0.2, 0.25) is 0 Å². The minimum atomic E-state index is -1.21. The highest BCUT2D eigenvalue weighted by molar-refractivity contribution is 5.94. The van der Waals surface area contributed by atoms with Gasteiger partial charge >= 0.3 is 0 Å². The molecule has 23 heavy (non-hydrogen) atoms. The van der Waals surface area contributed by atoms with Crippen LogP contribution >= 0.6 is 0 Å². The van der Waals surface area contributed by atoms with Crippen LogP contribution < -0.4 is 0 Å². The van der Waals surface area contributed by atoms with Crippen molar-refractivity contribution in [3.63, 3.8) is 0 Å². The Bertz CT molecular complexity index is 588. The predicted octanol–water partition coefficient (Wildman–Crippen LogP) is 1.42. The third kappa shape index (κ3) is 3.22. The first-order valence-electron chi connectivity index (χ1n) is 8.06. The highest BCUT2D eigenvalue weighted by atomic mass is 19.1. The lowest BCUT2D eigenvalue weighted by molar-refractivity contribution is -0.152. The third-order valence-corrected chi connectivity index (χ3v) is 4.77. The molecule has 1 aromatic rings. The Kier molecular flexibility index (Phi) is 4.35. The molecule has 2 aliphatic rings. The molecule has 2 fully saturated rings. The quantitative estimate of drug-likeness (QED) is 0.896. The number of rotatable bonds is 2. The molecule has 0 aromatic heterocycles. The molecule has 0 unspecified atom stereocenters. The summed E-state index contributed by atoms with van der Waals surface area (Å²) in [7, 11) is 0. The van der Waals surface area contributed by atoms with E-state index < -0.39 is 5.60 Å². The smallest absolute Gasteiger partial charge is 0.254 e. The average molecular weight is 320 g/mol. The highest BCUT2D eigenvalue weighted by Gasteiger charge is 2.42. The Labute approximate surface area is 134 Å². The summed E-state index contributed by atoms with van der Waals surface area (Å²) in [6.07, 6.45) is 2.82. The van der Waals surface area contributed by atoms with Gasteiger partial charge in [0.1, 0.15) is 11.4 Å². The molecule has 1 saturated carbocycles. The van der Waals surface area contributed by atoms with Crippen molar-refractivity contribution in [1.82, 2.24) is 9.80 Å². The van der Waals surface area contributed by atoms with Crippen LogP contribution in [0.5, 0.6) is 0 Å². The number of hydrogen-bond acceptors (Lipinski definition) is 3. The summed E-state index contributed by atoms with van der Waals surface area (Å²) in [5, 5.41) is 10.4. The van der Waals surface area contributed by atoms with E-state index in [1.807, 2.05) is 0 Å². The first kappa shape index (κ1) is 15.9. The number of carbonyl (C=O) groups is 2. The van der Waals surface area contributed by atoms with Crippen molar-refractivity contribution >= 4 is 11.8 Å². The largest absolute Gasteiger partial charge is 0.380 e. The van der Waals surface area contributed by atoms with Crippen LogP contribution in [-0.4, -0.2) is 58.5 Å². The van der Waals surface area contributed by atoms with Crippen LogP contribution in [0.1, 0.15) is 36.0 Å². The zero-order chi connectivity index (χ0) is 16.4. The number of halogens is 1. The van der Waals surface area contributed by atoms with Crippen molar-refractivity contribution in [2.75, 3.05) is 26.2 Å². The van der Waals surface area contributed by atoms with Gasteiger partial charge in [-0.15, -0.1) is 0 Å². The van der Waals surface area contributed by atoms with Gasteiger partial charge in [0.2, 0.25) is 0 Å². The van der Waals surface area contributed by atoms with Gasteiger partial charge < -0.3 is 14.9 Å². The van der Waals surface area contributed by atoms with E-state index in [2.05, 4.69) is 0 Å². The van der Waals surface area contributed by atoms with Gasteiger partial charge in [0.15, 0.2) is 0 Å². The second-order valence-electron chi connectivity index (χ2n) is 6.33. The number of benzene rings is 1. The van der Waals surface area contributed by atoms with E-state index in [4.69, 9.17) is 0 Å². The van der Waals surface area contributed by atoms with E-state index in [1.165, 1.54) is 24.3 Å². The average Bonchev–Trinajstić information content (AvgIpc) is 3.02. The Morgan fingerprint density at radius 3 is 2.04 bits per heavy atom. The molecule has 3 rings (SSSR count). The van der Waals surface area contributed by atoms with Crippen LogP contribution in [0.4, 0.5) is 4.39 Å². The maximum Gasteiger partial charge on any atom is 0.254 e. The lowest BCUT2D eigenvalue weighted by atomic mass is 10.00. The topological polar surface area (TPSA) is 60.9 Å². The summed E-state index contributed by atoms with van der Waals surface area (Å²) in [5.41, 5.74) is -0.760. The molecular weight excluding hydrogens is 299 g/mol. The highest BCUT2D eigenvalue weighted by Crippen LogP contribution is 2.31. The van der Waals surface area contributed by atoms with Gasteiger partial charge in [0.05, 0.1) is 0 Å².